The number of nitrogens with one attached hydrogen (secondary N) is 3. The number of amides is 3. The molecule has 0 bridgehead atoms. The summed E-state index contributed by atoms with van der Waals surface area (Å²) in [4.78, 5) is 36.3. The van der Waals surface area contributed by atoms with Gasteiger partial charge in [-0.2, -0.15) is 0 Å². The minimum atomic E-state index is -0.844. The van der Waals surface area contributed by atoms with E-state index in [2.05, 4.69) is 16.0 Å². The lowest BCUT2D eigenvalue weighted by molar-refractivity contribution is -0.136. The van der Waals surface area contributed by atoms with E-state index in [0.29, 0.717) is 25.1 Å². The van der Waals surface area contributed by atoms with Crippen LogP contribution in [-0.2, 0) is 16.1 Å². The number of carbonyl (C=O) groups excluding carboxylic acids is 3. The fraction of sp³-hybridized carbons (Fsp3) is 0.316. The average Bonchev–Trinajstić information content (AvgIpc) is 3.19. The van der Waals surface area contributed by atoms with Crippen LogP contribution in [0.1, 0.15) is 35.4 Å². The van der Waals surface area contributed by atoms with Gasteiger partial charge in [-0.1, -0.05) is 12.1 Å². The molecule has 0 fully saturated rings. The molecule has 0 saturated heterocycles. The summed E-state index contributed by atoms with van der Waals surface area (Å²) in [7, 11) is 0. The third kappa shape index (κ3) is 6.59. The number of anilines is 1. The molecule has 0 aliphatic carbocycles. The van der Waals surface area contributed by atoms with Crippen molar-refractivity contribution < 1.29 is 23.9 Å². The molecule has 1 aromatic carbocycles. The number of benzene rings is 1. The first-order chi connectivity index (χ1) is 13.1. The number of hydrogen-bond donors (Lipinski definition) is 4. The predicted octanol–water partition coefficient (Wildman–Crippen LogP) is 1.43. The summed E-state index contributed by atoms with van der Waals surface area (Å²) >= 11 is 0. The number of aliphatic hydroxyl groups excluding tert-OH is 1. The normalized spacial score (nSPS) is 10.3. The Morgan fingerprint density at radius 3 is 2.48 bits per heavy atom. The molecule has 8 nitrogen and oxygen atoms in total. The van der Waals surface area contributed by atoms with Gasteiger partial charge in [0.2, 0.25) is 0 Å². The van der Waals surface area contributed by atoms with Crippen molar-refractivity contribution in [1.82, 2.24) is 10.6 Å². The molecular formula is C19H23N3O5. The number of para-hydroxylation sites is 1. The van der Waals surface area contributed by atoms with E-state index in [1.165, 1.54) is 6.26 Å². The van der Waals surface area contributed by atoms with Gasteiger partial charge in [-0.25, -0.2) is 0 Å². The van der Waals surface area contributed by atoms with Crippen LogP contribution in [0.5, 0.6) is 0 Å². The summed E-state index contributed by atoms with van der Waals surface area (Å²) in [5.74, 6) is -1.41. The Morgan fingerprint density at radius 2 is 1.74 bits per heavy atom. The highest BCUT2D eigenvalue weighted by atomic mass is 16.3. The van der Waals surface area contributed by atoms with E-state index in [9.17, 15) is 14.4 Å². The van der Waals surface area contributed by atoms with Crippen LogP contribution in [0.15, 0.2) is 47.1 Å². The number of rotatable bonds is 9. The van der Waals surface area contributed by atoms with Crippen LogP contribution >= 0.6 is 0 Å². The van der Waals surface area contributed by atoms with Crippen molar-refractivity contribution in [2.45, 2.75) is 25.8 Å². The average molecular weight is 373 g/mol. The van der Waals surface area contributed by atoms with Crippen LogP contribution in [0.25, 0.3) is 0 Å². The SMILES string of the molecule is O=C(NCCCCCO)C(=O)Nc1ccccc1C(=O)NCc1ccco1. The number of hydrogen-bond acceptors (Lipinski definition) is 5. The molecule has 0 saturated carbocycles. The fourth-order valence-electron chi connectivity index (χ4n) is 2.34. The lowest BCUT2D eigenvalue weighted by Gasteiger charge is -2.11. The van der Waals surface area contributed by atoms with E-state index >= 15 is 0 Å². The highest BCUT2D eigenvalue weighted by Crippen LogP contribution is 2.15. The molecule has 4 N–H and O–H groups in total. The topological polar surface area (TPSA) is 121 Å². The van der Waals surface area contributed by atoms with E-state index < -0.39 is 17.7 Å². The highest BCUT2D eigenvalue weighted by Gasteiger charge is 2.17. The zero-order valence-electron chi connectivity index (χ0n) is 14.9. The molecule has 0 aliphatic heterocycles. The first-order valence-corrected chi connectivity index (χ1v) is 8.71. The zero-order chi connectivity index (χ0) is 19.5. The minimum absolute atomic E-state index is 0.104. The molecule has 144 valence electrons. The van der Waals surface area contributed by atoms with Crippen molar-refractivity contribution in [2.24, 2.45) is 0 Å². The second-order valence-corrected chi connectivity index (χ2v) is 5.80. The molecular weight excluding hydrogens is 350 g/mol. The molecule has 2 aromatic rings. The number of furan rings is 1. The number of aliphatic hydroxyl groups is 1. The van der Waals surface area contributed by atoms with Crippen molar-refractivity contribution in [1.29, 1.82) is 0 Å². The summed E-state index contributed by atoms with van der Waals surface area (Å²) < 4.78 is 5.16. The molecule has 1 aromatic heterocycles. The first-order valence-electron chi connectivity index (χ1n) is 8.71. The van der Waals surface area contributed by atoms with E-state index in [1.807, 2.05) is 0 Å². The third-order valence-corrected chi connectivity index (χ3v) is 3.75. The van der Waals surface area contributed by atoms with Gasteiger partial charge in [0.25, 0.3) is 5.91 Å². The second kappa shape index (κ2) is 10.8. The van der Waals surface area contributed by atoms with Crippen LogP contribution in [0, 0.1) is 0 Å². The highest BCUT2D eigenvalue weighted by molar-refractivity contribution is 6.40. The van der Waals surface area contributed by atoms with Crippen LogP contribution in [0.2, 0.25) is 0 Å². The van der Waals surface area contributed by atoms with Crippen LogP contribution in [-0.4, -0.2) is 36.0 Å². The molecule has 3 amide bonds. The predicted molar refractivity (Wildman–Crippen MR) is 98.9 cm³/mol. The largest absolute Gasteiger partial charge is 0.467 e. The lowest BCUT2D eigenvalue weighted by Crippen LogP contribution is -2.36. The summed E-state index contributed by atoms with van der Waals surface area (Å²) in [5.41, 5.74) is 0.489. The summed E-state index contributed by atoms with van der Waals surface area (Å²) in [6.07, 6.45) is 3.60. The van der Waals surface area contributed by atoms with Crippen molar-refractivity contribution in [3.8, 4) is 0 Å². The van der Waals surface area contributed by atoms with Gasteiger partial charge < -0.3 is 25.5 Å². The quantitative estimate of drug-likeness (QED) is 0.391. The molecule has 0 radical (unpaired) electrons. The first kappa shape index (κ1) is 20.2. The van der Waals surface area contributed by atoms with Crippen molar-refractivity contribution in [3.63, 3.8) is 0 Å². The van der Waals surface area contributed by atoms with Crippen LogP contribution in [0.3, 0.4) is 0 Å². The van der Waals surface area contributed by atoms with Crippen LogP contribution < -0.4 is 16.0 Å². The minimum Gasteiger partial charge on any atom is -0.467 e. The molecule has 0 unspecified atom stereocenters. The maximum absolute atomic E-state index is 12.4. The molecule has 27 heavy (non-hydrogen) atoms. The molecule has 8 heteroatoms. The Morgan fingerprint density at radius 1 is 0.926 bits per heavy atom. The molecule has 0 aliphatic rings. The smallest absolute Gasteiger partial charge is 0.313 e. The van der Waals surface area contributed by atoms with Crippen molar-refractivity contribution in [2.75, 3.05) is 18.5 Å². The number of unbranched alkanes of at least 4 members (excludes halogenated alkanes) is 2. The van der Waals surface area contributed by atoms with Gasteiger partial charge in [0.05, 0.1) is 24.1 Å². The molecule has 2 rings (SSSR count). The fourth-order valence-corrected chi connectivity index (χ4v) is 2.34. The Kier molecular flexibility index (Phi) is 8.05. The Bertz CT molecular complexity index is 758. The van der Waals surface area contributed by atoms with E-state index in [4.69, 9.17) is 9.52 Å². The summed E-state index contributed by atoms with van der Waals surface area (Å²) in [5, 5.41) is 16.4. The van der Waals surface area contributed by atoms with E-state index in [-0.39, 0.29) is 24.4 Å². The third-order valence-electron chi connectivity index (χ3n) is 3.75. The van der Waals surface area contributed by atoms with Crippen LogP contribution in [0.4, 0.5) is 5.69 Å². The van der Waals surface area contributed by atoms with Gasteiger partial charge in [-0.3, -0.25) is 14.4 Å². The lowest BCUT2D eigenvalue weighted by atomic mass is 10.1. The summed E-state index contributed by atoms with van der Waals surface area (Å²) in [6, 6.07) is 9.88. The van der Waals surface area contributed by atoms with E-state index in [1.54, 1.807) is 36.4 Å². The van der Waals surface area contributed by atoms with E-state index in [0.717, 1.165) is 6.42 Å². The van der Waals surface area contributed by atoms with Gasteiger partial charge in [0.15, 0.2) is 0 Å². The molecule has 0 atom stereocenters. The monoisotopic (exact) mass is 373 g/mol. The van der Waals surface area contributed by atoms with Crippen molar-refractivity contribution in [3.05, 3.63) is 54.0 Å². The second-order valence-electron chi connectivity index (χ2n) is 5.80. The standard InChI is InChI=1S/C19H23N3O5/c23-11-5-1-4-10-20-18(25)19(26)22-16-9-3-2-8-15(16)17(24)21-13-14-7-6-12-27-14/h2-3,6-9,12,23H,1,4-5,10-11,13H2,(H,20,25)(H,21,24)(H,22,26). The maximum Gasteiger partial charge on any atom is 0.313 e. The maximum atomic E-state index is 12.4. The summed E-state index contributed by atoms with van der Waals surface area (Å²) in [6.45, 7) is 0.660. The molecule has 0 spiro atoms. The van der Waals surface area contributed by atoms with Gasteiger partial charge in [0, 0.05) is 13.2 Å². The number of carbonyl (C=O) groups is 3. The van der Waals surface area contributed by atoms with Crippen molar-refractivity contribution >= 4 is 23.4 Å². The van der Waals surface area contributed by atoms with Gasteiger partial charge >= 0.3 is 11.8 Å². The van der Waals surface area contributed by atoms with Gasteiger partial charge in [-0.15, -0.1) is 0 Å². The Labute approximate surface area is 156 Å². The Hall–Kier alpha value is -3.13. The zero-order valence-corrected chi connectivity index (χ0v) is 14.9. The van der Waals surface area contributed by atoms with Gasteiger partial charge in [0.1, 0.15) is 5.76 Å². The Balaban J connectivity index is 1.89. The van der Waals surface area contributed by atoms with Gasteiger partial charge in [-0.05, 0) is 43.5 Å². The molecule has 1 heterocycles.